The number of nitrogens with zero attached hydrogens (tertiary/aromatic N) is 2. The zero-order valence-electron chi connectivity index (χ0n) is 15.8. The van der Waals surface area contributed by atoms with E-state index in [-0.39, 0.29) is 17.8 Å². The Morgan fingerprint density at radius 1 is 1.07 bits per heavy atom. The van der Waals surface area contributed by atoms with Crippen LogP contribution in [0.25, 0.3) is 0 Å². The first-order valence-electron chi connectivity index (χ1n) is 8.69. The van der Waals surface area contributed by atoms with Crippen molar-refractivity contribution >= 4 is 28.2 Å². The molecule has 1 heterocycles. The number of hydrogen-bond donors (Lipinski definition) is 2. The van der Waals surface area contributed by atoms with Crippen molar-refractivity contribution < 1.29 is 13.9 Å². The maximum Gasteiger partial charge on any atom is 0.325 e. The van der Waals surface area contributed by atoms with Gasteiger partial charge in [-0.1, -0.05) is 56.4 Å². The minimum Gasteiger partial charge on any atom is -0.483 e. The van der Waals surface area contributed by atoms with Crippen LogP contribution in [0.1, 0.15) is 31.3 Å². The highest BCUT2D eigenvalue weighted by Crippen LogP contribution is 2.24. The fraction of sp³-hybridized carbons (Fsp3) is 0.250. The molecule has 2 amide bonds. The Balaban J connectivity index is 1.53. The van der Waals surface area contributed by atoms with E-state index in [1.165, 1.54) is 17.7 Å². The summed E-state index contributed by atoms with van der Waals surface area (Å²) in [5.74, 6) is -0.300. The van der Waals surface area contributed by atoms with Crippen LogP contribution in [0.15, 0.2) is 48.5 Å². The SMILES string of the molecule is CC(C)(C)c1ccc(NC(=O)Nc2nnc(COc3ccccc3F)s2)cc1. The van der Waals surface area contributed by atoms with Crippen LogP contribution in [-0.2, 0) is 12.0 Å². The number of aromatic nitrogens is 2. The maximum atomic E-state index is 13.5. The summed E-state index contributed by atoms with van der Waals surface area (Å²) in [5, 5.41) is 14.1. The topological polar surface area (TPSA) is 76.1 Å². The fourth-order valence-corrected chi connectivity index (χ4v) is 3.02. The average molecular weight is 400 g/mol. The van der Waals surface area contributed by atoms with Gasteiger partial charge in [-0.05, 0) is 35.2 Å². The highest BCUT2D eigenvalue weighted by molar-refractivity contribution is 7.15. The number of nitrogens with one attached hydrogen (secondary N) is 2. The van der Waals surface area contributed by atoms with E-state index in [1.807, 2.05) is 24.3 Å². The largest absolute Gasteiger partial charge is 0.483 e. The van der Waals surface area contributed by atoms with Crippen molar-refractivity contribution in [2.24, 2.45) is 0 Å². The molecule has 0 aliphatic rings. The molecule has 0 aliphatic heterocycles. The third-order valence-corrected chi connectivity index (χ3v) is 4.70. The smallest absolute Gasteiger partial charge is 0.325 e. The van der Waals surface area contributed by atoms with Crippen LogP contribution in [0.4, 0.5) is 20.0 Å². The van der Waals surface area contributed by atoms with Gasteiger partial charge in [0.2, 0.25) is 5.13 Å². The number of halogens is 1. The van der Waals surface area contributed by atoms with Gasteiger partial charge < -0.3 is 10.1 Å². The van der Waals surface area contributed by atoms with Crippen molar-refractivity contribution in [3.05, 3.63) is 64.9 Å². The van der Waals surface area contributed by atoms with Gasteiger partial charge in [0.25, 0.3) is 0 Å². The predicted molar refractivity (Wildman–Crippen MR) is 108 cm³/mol. The zero-order valence-corrected chi connectivity index (χ0v) is 16.6. The number of urea groups is 1. The van der Waals surface area contributed by atoms with Crippen molar-refractivity contribution in [3.8, 4) is 5.75 Å². The second-order valence-electron chi connectivity index (χ2n) is 7.13. The summed E-state index contributed by atoms with van der Waals surface area (Å²) >= 11 is 1.16. The lowest BCUT2D eigenvalue weighted by Gasteiger charge is -2.19. The quantitative estimate of drug-likeness (QED) is 0.617. The molecule has 0 unspecified atom stereocenters. The van der Waals surface area contributed by atoms with Gasteiger partial charge in [-0.15, -0.1) is 10.2 Å². The van der Waals surface area contributed by atoms with Crippen LogP contribution in [0, 0.1) is 5.82 Å². The lowest BCUT2D eigenvalue weighted by molar-refractivity contribution is 0.262. The van der Waals surface area contributed by atoms with Crippen molar-refractivity contribution in [2.75, 3.05) is 10.6 Å². The van der Waals surface area contributed by atoms with E-state index in [0.29, 0.717) is 15.8 Å². The Labute approximate surface area is 166 Å². The monoisotopic (exact) mass is 400 g/mol. The third-order valence-electron chi connectivity index (χ3n) is 3.88. The number of benzene rings is 2. The van der Waals surface area contributed by atoms with Crippen LogP contribution in [0.5, 0.6) is 5.75 Å². The van der Waals surface area contributed by atoms with Crippen molar-refractivity contribution in [1.29, 1.82) is 0 Å². The minimum absolute atomic E-state index is 0.0501. The second-order valence-corrected chi connectivity index (χ2v) is 8.19. The van der Waals surface area contributed by atoms with Crippen LogP contribution in [-0.4, -0.2) is 16.2 Å². The molecule has 0 fully saturated rings. The molecular formula is C20H21FN4O2S. The van der Waals surface area contributed by atoms with Gasteiger partial charge in [-0.2, -0.15) is 0 Å². The molecule has 28 heavy (non-hydrogen) atoms. The van der Waals surface area contributed by atoms with Crippen molar-refractivity contribution in [2.45, 2.75) is 32.8 Å². The zero-order chi connectivity index (χ0) is 20.1. The van der Waals surface area contributed by atoms with Gasteiger partial charge in [-0.25, -0.2) is 9.18 Å². The van der Waals surface area contributed by atoms with E-state index >= 15 is 0 Å². The maximum absolute atomic E-state index is 13.5. The molecule has 2 N–H and O–H groups in total. The minimum atomic E-state index is -0.442. The molecule has 3 rings (SSSR count). The Morgan fingerprint density at radius 2 is 1.79 bits per heavy atom. The van der Waals surface area contributed by atoms with Crippen LogP contribution >= 0.6 is 11.3 Å². The van der Waals surface area contributed by atoms with Gasteiger partial charge in [-0.3, -0.25) is 5.32 Å². The highest BCUT2D eigenvalue weighted by atomic mass is 32.1. The molecule has 0 saturated carbocycles. The molecule has 2 aromatic carbocycles. The highest BCUT2D eigenvalue weighted by Gasteiger charge is 2.14. The molecule has 0 radical (unpaired) electrons. The van der Waals surface area contributed by atoms with Gasteiger partial charge in [0.05, 0.1) is 0 Å². The van der Waals surface area contributed by atoms with Crippen molar-refractivity contribution in [3.63, 3.8) is 0 Å². The summed E-state index contributed by atoms with van der Waals surface area (Å²) in [5.41, 5.74) is 1.91. The summed E-state index contributed by atoms with van der Waals surface area (Å²) in [4.78, 5) is 12.1. The average Bonchev–Trinajstić information content (AvgIpc) is 3.08. The predicted octanol–water partition coefficient (Wildman–Crippen LogP) is 5.20. The molecule has 0 spiro atoms. The van der Waals surface area contributed by atoms with Gasteiger partial charge in [0, 0.05) is 5.69 Å². The fourth-order valence-electron chi connectivity index (χ4n) is 2.38. The number of carbonyl (C=O) groups is 1. The van der Waals surface area contributed by atoms with E-state index in [1.54, 1.807) is 12.1 Å². The Hall–Kier alpha value is -3.00. The number of rotatable bonds is 5. The summed E-state index contributed by atoms with van der Waals surface area (Å²) in [6.07, 6.45) is 0. The molecule has 0 saturated heterocycles. The Bertz CT molecular complexity index is 951. The van der Waals surface area contributed by atoms with E-state index in [9.17, 15) is 9.18 Å². The number of hydrogen-bond acceptors (Lipinski definition) is 5. The molecule has 1 aromatic heterocycles. The molecule has 6 nitrogen and oxygen atoms in total. The summed E-state index contributed by atoms with van der Waals surface area (Å²) in [7, 11) is 0. The molecular weight excluding hydrogens is 379 g/mol. The van der Waals surface area contributed by atoms with Crippen molar-refractivity contribution in [1.82, 2.24) is 10.2 Å². The third kappa shape index (κ3) is 5.26. The number of para-hydroxylation sites is 1. The lowest BCUT2D eigenvalue weighted by Crippen LogP contribution is -2.19. The molecule has 8 heteroatoms. The molecule has 0 aliphatic carbocycles. The van der Waals surface area contributed by atoms with Gasteiger partial charge in [0.15, 0.2) is 16.6 Å². The number of ether oxygens (including phenoxy) is 1. The molecule has 3 aromatic rings. The number of amides is 2. The first-order valence-corrected chi connectivity index (χ1v) is 9.51. The van der Waals surface area contributed by atoms with E-state index in [0.717, 1.165) is 11.3 Å². The summed E-state index contributed by atoms with van der Waals surface area (Å²) in [6.45, 7) is 6.46. The molecule has 146 valence electrons. The second kappa shape index (κ2) is 8.35. The summed E-state index contributed by atoms with van der Waals surface area (Å²) < 4.78 is 18.9. The standard InChI is InChI=1S/C20H21FN4O2S/c1-20(2,3)13-8-10-14(11-9-13)22-18(26)23-19-25-24-17(28-19)12-27-16-7-5-4-6-15(16)21/h4-11H,12H2,1-3H3,(H2,22,23,25,26). The van der Waals surface area contributed by atoms with E-state index in [2.05, 4.69) is 41.6 Å². The molecule has 0 atom stereocenters. The van der Waals surface area contributed by atoms with Gasteiger partial charge >= 0.3 is 6.03 Å². The first kappa shape index (κ1) is 19.8. The number of anilines is 2. The van der Waals surface area contributed by atoms with E-state index < -0.39 is 11.8 Å². The van der Waals surface area contributed by atoms with E-state index in [4.69, 9.17) is 4.74 Å². The Morgan fingerprint density at radius 3 is 2.46 bits per heavy atom. The van der Waals surface area contributed by atoms with Crippen LogP contribution < -0.4 is 15.4 Å². The normalized spacial score (nSPS) is 11.1. The Kier molecular flexibility index (Phi) is 5.89. The van der Waals surface area contributed by atoms with Gasteiger partial charge in [0.1, 0.15) is 6.61 Å². The summed E-state index contributed by atoms with van der Waals surface area (Å²) in [6, 6.07) is 13.4. The van der Waals surface area contributed by atoms with Crippen LogP contribution in [0.2, 0.25) is 0 Å². The first-order chi connectivity index (χ1) is 13.3. The van der Waals surface area contributed by atoms with Crippen LogP contribution in [0.3, 0.4) is 0 Å². The number of carbonyl (C=O) groups excluding carboxylic acids is 1. The lowest BCUT2D eigenvalue weighted by atomic mass is 9.87. The molecule has 0 bridgehead atoms.